The molecule has 0 saturated heterocycles. The molecule has 1 rings (SSSR count). The van der Waals surface area contributed by atoms with Crippen molar-refractivity contribution in [2.45, 2.75) is 52.6 Å². The van der Waals surface area contributed by atoms with Crippen molar-refractivity contribution in [3.8, 4) is 0 Å². The lowest BCUT2D eigenvalue weighted by Gasteiger charge is -2.26. The van der Waals surface area contributed by atoms with Crippen molar-refractivity contribution in [1.82, 2.24) is 14.9 Å². The van der Waals surface area contributed by atoms with Gasteiger partial charge in [-0.2, -0.15) is 0 Å². The molecule has 5 nitrogen and oxygen atoms in total. The summed E-state index contributed by atoms with van der Waals surface area (Å²) in [7, 11) is 0. The van der Waals surface area contributed by atoms with E-state index in [9.17, 15) is 0 Å². The van der Waals surface area contributed by atoms with Crippen molar-refractivity contribution in [3.63, 3.8) is 0 Å². The lowest BCUT2D eigenvalue weighted by molar-refractivity contribution is 0.0510. The maximum atomic E-state index is 5.53. The Morgan fingerprint density at radius 3 is 2.41 bits per heavy atom. The Morgan fingerprint density at radius 1 is 1.00 bits per heavy atom. The topological polar surface area (TPSA) is 47.5 Å². The van der Waals surface area contributed by atoms with Crippen molar-refractivity contribution < 1.29 is 9.47 Å². The maximum absolute atomic E-state index is 5.53. The minimum Gasteiger partial charge on any atom is -0.379 e. The van der Waals surface area contributed by atoms with Gasteiger partial charge >= 0.3 is 0 Å². The number of nitrogens with zero attached hydrogens (tertiary/aromatic N) is 3. The molecular formula is C17H31N3O2. The van der Waals surface area contributed by atoms with Gasteiger partial charge in [0, 0.05) is 43.8 Å². The Labute approximate surface area is 135 Å². The summed E-state index contributed by atoms with van der Waals surface area (Å²) in [5.41, 5.74) is 1.18. The Balaban J connectivity index is 2.09. The van der Waals surface area contributed by atoms with E-state index in [1.165, 1.54) is 18.4 Å². The Kier molecular flexibility index (Phi) is 10.8. The number of hydrogen-bond donors (Lipinski definition) is 0. The standard InChI is InChI=1S/C17H31N3O2/c1-4-21-10-11-22-9-7-5-6-8-20(16(2)3)14-17-12-18-15-19-13-17/h12-13,15-16H,4-11,14H2,1-3H3. The van der Waals surface area contributed by atoms with Crippen molar-refractivity contribution in [1.29, 1.82) is 0 Å². The molecule has 0 spiro atoms. The van der Waals surface area contributed by atoms with Gasteiger partial charge in [0.15, 0.2) is 0 Å². The number of hydrogen-bond acceptors (Lipinski definition) is 5. The second-order valence-corrected chi connectivity index (χ2v) is 5.68. The predicted octanol–water partition coefficient (Wildman–Crippen LogP) is 2.91. The van der Waals surface area contributed by atoms with Gasteiger partial charge in [0.05, 0.1) is 13.2 Å². The molecule has 0 aromatic carbocycles. The van der Waals surface area contributed by atoms with Crippen LogP contribution in [0.15, 0.2) is 18.7 Å². The highest BCUT2D eigenvalue weighted by molar-refractivity contribution is 5.02. The van der Waals surface area contributed by atoms with E-state index in [4.69, 9.17) is 9.47 Å². The molecule has 0 N–H and O–H groups in total. The van der Waals surface area contributed by atoms with Crippen molar-refractivity contribution >= 4 is 0 Å². The predicted molar refractivity (Wildman–Crippen MR) is 88.7 cm³/mol. The lowest BCUT2D eigenvalue weighted by atomic mass is 10.2. The second-order valence-electron chi connectivity index (χ2n) is 5.68. The first kappa shape index (κ1) is 19.0. The van der Waals surface area contributed by atoms with Gasteiger partial charge in [0.25, 0.3) is 0 Å². The van der Waals surface area contributed by atoms with E-state index in [1.54, 1.807) is 6.33 Å². The first-order chi connectivity index (χ1) is 10.7. The summed E-state index contributed by atoms with van der Waals surface area (Å²) in [6, 6.07) is 0.530. The summed E-state index contributed by atoms with van der Waals surface area (Å²) in [4.78, 5) is 10.6. The zero-order valence-corrected chi connectivity index (χ0v) is 14.3. The number of rotatable bonds is 13. The highest BCUT2D eigenvalue weighted by atomic mass is 16.5. The van der Waals surface area contributed by atoms with E-state index in [1.807, 2.05) is 19.3 Å². The van der Waals surface area contributed by atoms with Gasteiger partial charge < -0.3 is 9.47 Å². The normalized spacial score (nSPS) is 11.5. The van der Waals surface area contributed by atoms with Crippen LogP contribution in [0.3, 0.4) is 0 Å². The largest absolute Gasteiger partial charge is 0.379 e. The molecule has 0 aliphatic heterocycles. The van der Waals surface area contributed by atoms with E-state index in [-0.39, 0.29) is 0 Å². The molecule has 0 fully saturated rings. The molecule has 0 aliphatic rings. The summed E-state index contributed by atoms with van der Waals surface area (Å²) >= 11 is 0. The summed E-state index contributed by atoms with van der Waals surface area (Å²) in [5.74, 6) is 0. The van der Waals surface area contributed by atoms with Crippen LogP contribution in [0, 0.1) is 0 Å². The first-order valence-corrected chi connectivity index (χ1v) is 8.37. The van der Waals surface area contributed by atoms with Gasteiger partial charge in [-0.3, -0.25) is 4.90 Å². The highest BCUT2D eigenvalue weighted by Gasteiger charge is 2.09. The molecule has 1 heterocycles. The molecule has 0 amide bonds. The van der Waals surface area contributed by atoms with E-state index in [0.717, 1.165) is 32.7 Å². The van der Waals surface area contributed by atoms with Crippen LogP contribution in [0.5, 0.6) is 0 Å². The average Bonchev–Trinajstić information content (AvgIpc) is 2.53. The van der Waals surface area contributed by atoms with Crippen LogP contribution in [0.1, 0.15) is 45.6 Å². The van der Waals surface area contributed by atoms with Gasteiger partial charge in [0.2, 0.25) is 0 Å². The SMILES string of the molecule is CCOCCOCCCCCN(Cc1cncnc1)C(C)C. The molecule has 22 heavy (non-hydrogen) atoms. The molecule has 0 saturated carbocycles. The van der Waals surface area contributed by atoms with E-state index >= 15 is 0 Å². The first-order valence-electron chi connectivity index (χ1n) is 8.37. The minimum absolute atomic E-state index is 0.530. The second kappa shape index (κ2) is 12.5. The Bertz CT molecular complexity index is 360. The van der Waals surface area contributed by atoms with Gasteiger partial charge in [-0.05, 0) is 46.6 Å². The van der Waals surface area contributed by atoms with Crippen LogP contribution in [-0.4, -0.2) is 53.9 Å². The Morgan fingerprint density at radius 2 is 1.73 bits per heavy atom. The van der Waals surface area contributed by atoms with E-state index < -0.39 is 0 Å². The van der Waals surface area contributed by atoms with Crippen LogP contribution in [0.4, 0.5) is 0 Å². The summed E-state index contributed by atoms with van der Waals surface area (Å²) < 4.78 is 10.8. The number of unbranched alkanes of at least 4 members (excludes halogenated alkanes) is 2. The van der Waals surface area contributed by atoms with Crippen molar-refractivity contribution in [2.75, 3.05) is 33.0 Å². The van der Waals surface area contributed by atoms with Crippen LogP contribution in [0.2, 0.25) is 0 Å². The zero-order valence-electron chi connectivity index (χ0n) is 14.3. The average molecular weight is 309 g/mol. The summed E-state index contributed by atoms with van der Waals surface area (Å²) in [6.07, 6.45) is 8.88. The van der Waals surface area contributed by atoms with Gasteiger partial charge in [-0.1, -0.05) is 0 Å². The van der Waals surface area contributed by atoms with Gasteiger partial charge in [-0.15, -0.1) is 0 Å². The number of aromatic nitrogens is 2. The molecule has 0 aliphatic carbocycles. The molecule has 0 radical (unpaired) electrons. The number of ether oxygens (including phenoxy) is 2. The smallest absolute Gasteiger partial charge is 0.115 e. The molecule has 5 heteroatoms. The fraction of sp³-hybridized carbons (Fsp3) is 0.765. The highest BCUT2D eigenvalue weighted by Crippen LogP contribution is 2.09. The fourth-order valence-electron chi connectivity index (χ4n) is 2.23. The quantitative estimate of drug-likeness (QED) is 0.524. The van der Waals surface area contributed by atoms with Gasteiger partial charge in [0.1, 0.15) is 6.33 Å². The lowest BCUT2D eigenvalue weighted by Crippen LogP contribution is -2.31. The van der Waals surface area contributed by atoms with E-state index in [2.05, 4.69) is 28.7 Å². The van der Waals surface area contributed by atoms with E-state index in [0.29, 0.717) is 19.3 Å². The molecule has 0 atom stereocenters. The third-order valence-corrected chi connectivity index (χ3v) is 3.54. The monoisotopic (exact) mass is 309 g/mol. The molecule has 126 valence electrons. The van der Waals surface area contributed by atoms with Crippen molar-refractivity contribution in [3.05, 3.63) is 24.3 Å². The fourth-order valence-corrected chi connectivity index (χ4v) is 2.23. The van der Waals surface area contributed by atoms with Crippen LogP contribution in [-0.2, 0) is 16.0 Å². The summed E-state index contributed by atoms with van der Waals surface area (Å²) in [6.45, 7) is 11.5. The maximum Gasteiger partial charge on any atom is 0.115 e. The molecular weight excluding hydrogens is 278 g/mol. The van der Waals surface area contributed by atoms with Crippen LogP contribution in [0.25, 0.3) is 0 Å². The van der Waals surface area contributed by atoms with Gasteiger partial charge in [-0.25, -0.2) is 9.97 Å². The third-order valence-electron chi connectivity index (χ3n) is 3.54. The zero-order chi connectivity index (χ0) is 16.0. The third kappa shape index (κ3) is 9.07. The molecule has 1 aromatic rings. The summed E-state index contributed by atoms with van der Waals surface area (Å²) in [5, 5.41) is 0. The molecule has 0 unspecified atom stereocenters. The minimum atomic E-state index is 0.530. The molecule has 1 aromatic heterocycles. The van der Waals surface area contributed by atoms with Crippen LogP contribution < -0.4 is 0 Å². The van der Waals surface area contributed by atoms with Crippen LogP contribution >= 0.6 is 0 Å². The Hall–Kier alpha value is -1.04. The van der Waals surface area contributed by atoms with Crippen molar-refractivity contribution in [2.24, 2.45) is 0 Å². The molecule has 0 bridgehead atoms.